The molecule has 0 bridgehead atoms. The van der Waals surface area contributed by atoms with Crippen molar-refractivity contribution in [2.75, 3.05) is 0 Å². The van der Waals surface area contributed by atoms with E-state index in [4.69, 9.17) is 25.0 Å². The van der Waals surface area contributed by atoms with Crippen LogP contribution in [0.3, 0.4) is 0 Å². The molecule has 0 saturated carbocycles. The van der Waals surface area contributed by atoms with Crippen molar-refractivity contribution < 1.29 is 37.3 Å². The number of furan rings is 1. The van der Waals surface area contributed by atoms with Crippen LogP contribution < -0.4 is 0 Å². The zero-order chi connectivity index (χ0) is 49.2. The Morgan fingerprint density at radius 2 is 0.977 bits per heavy atom. The maximum absolute atomic E-state index is 9.76. The predicted molar refractivity (Wildman–Crippen MR) is 183 cm³/mol. The van der Waals surface area contributed by atoms with Crippen LogP contribution in [0, 0.1) is 0 Å². The van der Waals surface area contributed by atoms with Crippen molar-refractivity contribution in [3.05, 3.63) is 157 Å². The van der Waals surface area contributed by atoms with Crippen molar-refractivity contribution in [3.63, 3.8) is 0 Å². The lowest BCUT2D eigenvalue weighted by atomic mass is 9.85. The van der Waals surface area contributed by atoms with Gasteiger partial charge in [-0.15, -0.1) is 0 Å². The molecule has 0 spiro atoms. The molecule has 9 aromatic rings. The molecule has 1 aromatic heterocycles. The van der Waals surface area contributed by atoms with Crippen LogP contribution in [0.1, 0.15) is 32.9 Å². The van der Waals surface area contributed by atoms with E-state index in [2.05, 4.69) is 0 Å². The lowest BCUT2D eigenvalue weighted by Gasteiger charge is -2.18. The van der Waals surface area contributed by atoms with Crippen molar-refractivity contribution in [2.24, 2.45) is 0 Å². The first kappa shape index (κ1) is 10.3. The molecule has 1 heterocycles. The highest BCUT2D eigenvalue weighted by atomic mass is 16.3. The standard InChI is InChI=1S/C42H26O/c1-2-11-27(12-3-1)29-14-10-15-30(25-29)40-33-17-6-8-19-35(33)41(36-20-9-7-18-34(36)40)31-22-24-39-38(26-31)37-23-21-28-13-4-5-16-32(28)42(37)43-39/h1-26H/i1D,2D,3D,4D,5D,6D,8D,10D,11D,12D,13D,14D,15D,16D,17D,18D,19D,20D,21D,22D,23D,24D,25D,26D. The van der Waals surface area contributed by atoms with Gasteiger partial charge >= 0.3 is 0 Å². The minimum absolute atomic E-state index is 0.362. The van der Waals surface area contributed by atoms with Gasteiger partial charge in [0, 0.05) is 16.2 Å². The topological polar surface area (TPSA) is 13.1 Å². The van der Waals surface area contributed by atoms with Crippen LogP contribution in [0.2, 0.25) is 0 Å². The van der Waals surface area contributed by atoms with Crippen molar-refractivity contribution in [2.45, 2.75) is 0 Å². The van der Waals surface area contributed by atoms with Crippen molar-refractivity contribution >= 4 is 54.3 Å². The number of hydrogen-bond acceptors (Lipinski definition) is 1. The number of hydrogen-bond donors (Lipinski definition) is 0. The second kappa shape index (κ2) is 9.44. The first-order valence-corrected chi connectivity index (χ1v) is 12.8. The van der Waals surface area contributed by atoms with Crippen LogP contribution in [0.4, 0.5) is 0 Å². The average Bonchev–Trinajstić information content (AvgIpc) is 3.70. The Labute approximate surface area is 283 Å². The second-order valence-electron chi connectivity index (χ2n) is 9.38. The normalized spacial score (nSPS) is 19.5. The van der Waals surface area contributed by atoms with Crippen LogP contribution in [-0.4, -0.2) is 0 Å². The molecule has 0 unspecified atom stereocenters. The zero-order valence-corrected chi connectivity index (χ0v) is 21.6. The maximum atomic E-state index is 9.76. The Morgan fingerprint density at radius 3 is 1.74 bits per heavy atom. The molecule has 0 amide bonds. The van der Waals surface area contributed by atoms with Crippen LogP contribution in [0.5, 0.6) is 0 Å². The van der Waals surface area contributed by atoms with Gasteiger partial charge in [-0.3, -0.25) is 0 Å². The molecular weight excluding hydrogens is 520 g/mol. The lowest BCUT2D eigenvalue weighted by molar-refractivity contribution is 0.672. The van der Waals surface area contributed by atoms with Crippen LogP contribution >= 0.6 is 0 Å². The summed E-state index contributed by atoms with van der Waals surface area (Å²) in [7, 11) is 0. The summed E-state index contributed by atoms with van der Waals surface area (Å²) in [5, 5.41) is -3.64. The number of fused-ring (bicyclic) bond motifs is 7. The summed E-state index contributed by atoms with van der Waals surface area (Å²) < 4.78 is 220. The third-order valence-electron chi connectivity index (χ3n) is 7.04. The van der Waals surface area contributed by atoms with E-state index in [0.29, 0.717) is 0 Å². The Bertz CT molecular complexity index is 3830. The third kappa shape index (κ3) is 3.72. The summed E-state index contributed by atoms with van der Waals surface area (Å²) >= 11 is 0. The largest absolute Gasteiger partial charge is 0.455 e. The summed E-state index contributed by atoms with van der Waals surface area (Å²) in [4.78, 5) is 0. The molecule has 0 aliphatic heterocycles. The van der Waals surface area contributed by atoms with Gasteiger partial charge in [0.05, 0.1) is 32.9 Å². The molecule has 0 radical (unpaired) electrons. The quantitative estimate of drug-likeness (QED) is 0.193. The predicted octanol–water partition coefficient (Wildman–Crippen LogP) is 12.0. The summed E-state index contributed by atoms with van der Waals surface area (Å²) in [6, 6.07) is -17.0. The number of rotatable bonds is 3. The summed E-state index contributed by atoms with van der Waals surface area (Å²) in [5.41, 5.74) is -4.78. The molecule has 0 saturated heterocycles. The molecule has 43 heavy (non-hydrogen) atoms. The summed E-state index contributed by atoms with van der Waals surface area (Å²) in [6.45, 7) is 0. The molecule has 1 nitrogen and oxygen atoms in total. The number of benzene rings is 8. The zero-order valence-electron chi connectivity index (χ0n) is 45.6. The monoisotopic (exact) mass is 570 g/mol. The van der Waals surface area contributed by atoms with Crippen LogP contribution in [-0.2, 0) is 0 Å². The van der Waals surface area contributed by atoms with E-state index in [-0.39, 0.29) is 10.8 Å². The fraction of sp³-hybridized carbons (Fsp3) is 0. The van der Waals surface area contributed by atoms with Crippen molar-refractivity contribution in [1.29, 1.82) is 0 Å². The van der Waals surface area contributed by atoms with E-state index >= 15 is 0 Å². The van der Waals surface area contributed by atoms with Gasteiger partial charge in [-0.05, 0) is 84.5 Å². The molecule has 0 aliphatic rings. The lowest BCUT2D eigenvalue weighted by Crippen LogP contribution is -1.91. The molecule has 0 aliphatic carbocycles. The van der Waals surface area contributed by atoms with E-state index in [1.54, 1.807) is 0 Å². The molecule has 9 rings (SSSR count). The molecule has 0 atom stereocenters. The van der Waals surface area contributed by atoms with Crippen molar-refractivity contribution in [1.82, 2.24) is 0 Å². The highest BCUT2D eigenvalue weighted by molar-refractivity contribution is 6.23. The van der Waals surface area contributed by atoms with E-state index in [1.807, 2.05) is 0 Å². The van der Waals surface area contributed by atoms with E-state index < -0.39 is 222 Å². The van der Waals surface area contributed by atoms with Gasteiger partial charge in [0.25, 0.3) is 0 Å². The molecule has 0 fully saturated rings. The van der Waals surface area contributed by atoms with E-state index in [9.17, 15) is 12.3 Å². The first-order chi connectivity index (χ1) is 31.3. The SMILES string of the molecule is [2H]c1c([2H])c([2H])c(-c2c([2H])c([2H])c([2H])c(-c3c4c([2H])ccc([2H])c4c(-c4c([2H])c([2H])c5oc6c7c([2H])c([2H])c([2H])c([2H])c7c([2H])c([2H])c6c5c4[2H])c4c([2H])c([2H])c([2H])c([2H])c34)c2[2H])c([2H])c1[2H]. The molecule has 1 heteroatoms. The van der Waals surface area contributed by atoms with Gasteiger partial charge < -0.3 is 4.42 Å². The van der Waals surface area contributed by atoms with E-state index in [0.717, 1.165) is 12.1 Å². The van der Waals surface area contributed by atoms with Gasteiger partial charge in [-0.2, -0.15) is 0 Å². The minimum Gasteiger partial charge on any atom is -0.455 e. The molecule has 0 N–H and O–H groups in total. The van der Waals surface area contributed by atoms with Gasteiger partial charge in [-0.25, -0.2) is 0 Å². The summed E-state index contributed by atoms with van der Waals surface area (Å²) in [6.07, 6.45) is 0. The van der Waals surface area contributed by atoms with Crippen LogP contribution in [0.25, 0.3) is 87.6 Å². The highest BCUT2D eigenvalue weighted by Crippen LogP contribution is 2.45. The molecular formula is C42H26O. The van der Waals surface area contributed by atoms with Gasteiger partial charge in [0.2, 0.25) is 0 Å². The Hall–Kier alpha value is -5.66. The fourth-order valence-corrected chi connectivity index (χ4v) is 5.23. The smallest absolute Gasteiger partial charge is 0.143 e. The Kier molecular flexibility index (Phi) is 2.25. The van der Waals surface area contributed by atoms with E-state index in [1.165, 1.54) is 0 Å². The second-order valence-corrected chi connectivity index (χ2v) is 9.38. The molecule has 200 valence electrons. The van der Waals surface area contributed by atoms with Crippen molar-refractivity contribution in [3.8, 4) is 33.4 Å². The summed E-state index contributed by atoms with van der Waals surface area (Å²) in [5.74, 6) is 0. The maximum Gasteiger partial charge on any atom is 0.143 e. The Morgan fingerprint density at radius 1 is 0.372 bits per heavy atom. The first-order valence-electron chi connectivity index (χ1n) is 24.8. The highest BCUT2D eigenvalue weighted by Gasteiger charge is 2.18. The molecule has 8 aromatic carbocycles. The van der Waals surface area contributed by atoms with Gasteiger partial charge in [-0.1, -0.05) is 133 Å². The fourth-order valence-electron chi connectivity index (χ4n) is 5.23. The van der Waals surface area contributed by atoms with Gasteiger partial charge in [0.1, 0.15) is 11.2 Å². The average molecular weight is 571 g/mol. The van der Waals surface area contributed by atoms with Gasteiger partial charge in [0.15, 0.2) is 0 Å². The van der Waals surface area contributed by atoms with Crippen LogP contribution in [0.15, 0.2) is 162 Å². The third-order valence-corrected chi connectivity index (χ3v) is 7.04. The minimum atomic E-state index is -0.956. The Balaban J connectivity index is 1.56.